The molecule has 0 aromatic heterocycles. The summed E-state index contributed by atoms with van der Waals surface area (Å²) >= 11 is 0. The van der Waals surface area contributed by atoms with Crippen molar-refractivity contribution in [2.45, 2.75) is 53.2 Å². The Labute approximate surface area is 115 Å². The predicted molar refractivity (Wildman–Crippen MR) is 73.7 cm³/mol. The highest BCUT2D eigenvalue weighted by molar-refractivity contribution is 7.88. The van der Waals surface area contributed by atoms with Gasteiger partial charge in [-0.1, -0.05) is 20.8 Å². The van der Waals surface area contributed by atoms with Crippen LogP contribution in [0.15, 0.2) is 0 Å². The summed E-state index contributed by atoms with van der Waals surface area (Å²) in [4.78, 5) is 11.3. The molecule has 1 unspecified atom stereocenters. The Balaban J connectivity index is 4.69. The number of carbonyl (C=O) groups is 1. The summed E-state index contributed by atoms with van der Waals surface area (Å²) in [6.45, 7) is 9.28. The van der Waals surface area contributed by atoms with E-state index in [0.717, 1.165) is 0 Å². The Bertz CT molecular complexity index is 387. The third kappa shape index (κ3) is 8.02. The van der Waals surface area contributed by atoms with Crippen LogP contribution in [0.1, 0.15) is 41.0 Å². The van der Waals surface area contributed by atoms with Gasteiger partial charge in [-0.25, -0.2) is 9.52 Å². The largest absolute Gasteiger partial charge is 0.446 e. The molecule has 0 bridgehead atoms. The van der Waals surface area contributed by atoms with Gasteiger partial charge in [-0.2, -0.15) is 13.1 Å². The molecule has 0 fully saturated rings. The highest BCUT2D eigenvalue weighted by atomic mass is 32.2. The van der Waals surface area contributed by atoms with Crippen molar-refractivity contribution < 1.29 is 17.9 Å². The van der Waals surface area contributed by atoms with E-state index >= 15 is 0 Å². The SMILES string of the molecule is CC(C)OC(=O)NS(=O)(=O)NC(CCN)C(C)(C)C. The summed E-state index contributed by atoms with van der Waals surface area (Å²) in [6, 6.07) is -0.373. The Hall–Kier alpha value is -0.860. The molecule has 0 aromatic rings. The van der Waals surface area contributed by atoms with E-state index in [1.807, 2.05) is 25.5 Å². The van der Waals surface area contributed by atoms with Crippen molar-refractivity contribution in [2.75, 3.05) is 6.54 Å². The van der Waals surface area contributed by atoms with Crippen molar-refractivity contribution in [3.8, 4) is 0 Å². The van der Waals surface area contributed by atoms with Crippen LogP contribution in [-0.4, -0.2) is 33.2 Å². The van der Waals surface area contributed by atoms with Gasteiger partial charge in [0.15, 0.2) is 0 Å². The minimum Gasteiger partial charge on any atom is -0.446 e. The first-order valence-corrected chi connectivity index (χ1v) is 7.67. The molecule has 1 atom stereocenters. The van der Waals surface area contributed by atoms with Crippen molar-refractivity contribution in [3.05, 3.63) is 0 Å². The summed E-state index contributed by atoms with van der Waals surface area (Å²) in [5.74, 6) is 0. The first-order valence-electron chi connectivity index (χ1n) is 6.18. The van der Waals surface area contributed by atoms with Gasteiger partial charge >= 0.3 is 16.3 Å². The van der Waals surface area contributed by atoms with Crippen LogP contribution < -0.4 is 15.2 Å². The highest BCUT2D eigenvalue weighted by Crippen LogP contribution is 2.21. The maximum absolute atomic E-state index is 11.8. The summed E-state index contributed by atoms with van der Waals surface area (Å²) in [5.41, 5.74) is 5.16. The van der Waals surface area contributed by atoms with Gasteiger partial charge in [-0.15, -0.1) is 0 Å². The molecule has 4 N–H and O–H groups in total. The van der Waals surface area contributed by atoms with E-state index in [2.05, 4.69) is 4.72 Å². The molecule has 0 aliphatic carbocycles. The molecule has 0 spiro atoms. The van der Waals surface area contributed by atoms with Crippen molar-refractivity contribution in [3.63, 3.8) is 0 Å². The van der Waals surface area contributed by atoms with Gasteiger partial charge in [0.2, 0.25) is 0 Å². The zero-order valence-corrected chi connectivity index (χ0v) is 13.0. The molecular weight excluding hydrogens is 270 g/mol. The first kappa shape index (κ1) is 18.1. The molecule has 0 aliphatic rings. The Kier molecular flexibility index (Phi) is 6.74. The van der Waals surface area contributed by atoms with Crippen molar-refractivity contribution in [1.29, 1.82) is 0 Å². The zero-order chi connectivity index (χ0) is 15.3. The molecule has 7 nitrogen and oxygen atoms in total. The smallest absolute Gasteiger partial charge is 0.422 e. The van der Waals surface area contributed by atoms with E-state index in [4.69, 9.17) is 10.5 Å². The standard InChI is InChI=1S/C11H25N3O4S/c1-8(2)18-10(15)14-19(16,17)13-9(6-7-12)11(3,4)5/h8-9,13H,6-7,12H2,1-5H3,(H,14,15). The number of hydrogen-bond acceptors (Lipinski definition) is 5. The van der Waals surface area contributed by atoms with Crippen LogP contribution in [0.4, 0.5) is 4.79 Å². The molecule has 19 heavy (non-hydrogen) atoms. The minimum absolute atomic E-state index is 0.309. The van der Waals surface area contributed by atoms with Crippen LogP contribution in [0.3, 0.4) is 0 Å². The van der Waals surface area contributed by atoms with Crippen LogP contribution in [0.5, 0.6) is 0 Å². The summed E-state index contributed by atoms with van der Waals surface area (Å²) < 4.78 is 32.5. The Morgan fingerprint density at radius 3 is 2.21 bits per heavy atom. The lowest BCUT2D eigenvalue weighted by Gasteiger charge is -2.30. The summed E-state index contributed by atoms with van der Waals surface area (Å²) in [7, 11) is -3.96. The Morgan fingerprint density at radius 2 is 1.84 bits per heavy atom. The molecule has 1 amide bonds. The van der Waals surface area contributed by atoms with Gasteiger partial charge in [0, 0.05) is 6.04 Å². The van der Waals surface area contributed by atoms with E-state index < -0.39 is 22.4 Å². The number of nitrogens with two attached hydrogens (primary N) is 1. The second kappa shape index (κ2) is 7.06. The Morgan fingerprint density at radius 1 is 1.32 bits per heavy atom. The van der Waals surface area contributed by atoms with Gasteiger partial charge in [0.25, 0.3) is 0 Å². The maximum Gasteiger partial charge on any atom is 0.422 e. The topological polar surface area (TPSA) is 111 Å². The van der Waals surface area contributed by atoms with E-state index in [9.17, 15) is 13.2 Å². The quantitative estimate of drug-likeness (QED) is 0.668. The van der Waals surface area contributed by atoms with Crippen LogP contribution in [0.2, 0.25) is 0 Å². The number of ether oxygens (including phenoxy) is 1. The average molecular weight is 295 g/mol. The molecule has 0 heterocycles. The molecule has 0 saturated carbocycles. The summed E-state index contributed by atoms with van der Waals surface area (Å²) in [6.07, 6.45) is -0.913. The molecule has 114 valence electrons. The highest BCUT2D eigenvalue weighted by Gasteiger charge is 2.29. The fourth-order valence-corrected chi connectivity index (χ4v) is 2.57. The molecule has 0 saturated heterocycles. The van der Waals surface area contributed by atoms with Crippen LogP contribution in [0.25, 0.3) is 0 Å². The van der Waals surface area contributed by atoms with E-state index in [-0.39, 0.29) is 11.5 Å². The average Bonchev–Trinajstić information content (AvgIpc) is 2.12. The lowest BCUT2D eigenvalue weighted by molar-refractivity contribution is 0.121. The minimum atomic E-state index is -3.96. The third-order valence-electron chi connectivity index (χ3n) is 2.36. The second-order valence-electron chi connectivity index (χ2n) is 5.67. The number of rotatable bonds is 6. The zero-order valence-electron chi connectivity index (χ0n) is 12.2. The van der Waals surface area contributed by atoms with E-state index in [1.54, 1.807) is 13.8 Å². The third-order valence-corrected chi connectivity index (χ3v) is 3.39. The van der Waals surface area contributed by atoms with Gasteiger partial charge < -0.3 is 10.5 Å². The number of amides is 1. The van der Waals surface area contributed by atoms with Crippen LogP contribution in [-0.2, 0) is 14.9 Å². The molecule has 0 rings (SSSR count). The van der Waals surface area contributed by atoms with E-state index in [0.29, 0.717) is 13.0 Å². The van der Waals surface area contributed by atoms with Crippen LogP contribution in [0, 0.1) is 5.41 Å². The molecular formula is C11H25N3O4S. The van der Waals surface area contributed by atoms with E-state index in [1.165, 1.54) is 0 Å². The monoisotopic (exact) mass is 295 g/mol. The number of hydrogen-bond donors (Lipinski definition) is 3. The maximum atomic E-state index is 11.8. The fraction of sp³-hybridized carbons (Fsp3) is 0.909. The molecule has 0 aromatic carbocycles. The van der Waals surface area contributed by atoms with Crippen molar-refractivity contribution >= 4 is 16.3 Å². The second-order valence-corrected chi connectivity index (χ2v) is 7.12. The molecule has 8 heteroatoms. The lowest BCUT2D eigenvalue weighted by atomic mass is 9.85. The number of nitrogens with one attached hydrogen (secondary N) is 2. The summed E-state index contributed by atoms with van der Waals surface area (Å²) in [5, 5.41) is 0. The van der Waals surface area contributed by atoms with Gasteiger partial charge in [-0.05, 0) is 32.2 Å². The lowest BCUT2D eigenvalue weighted by Crippen LogP contribution is -2.50. The van der Waals surface area contributed by atoms with Crippen LogP contribution >= 0.6 is 0 Å². The fourth-order valence-electron chi connectivity index (χ4n) is 1.40. The van der Waals surface area contributed by atoms with Crippen molar-refractivity contribution in [2.24, 2.45) is 11.1 Å². The molecule has 0 aliphatic heterocycles. The normalized spacial score (nSPS) is 14.3. The molecule has 0 radical (unpaired) electrons. The predicted octanol–water partition coefficient (Wildman–Crippen LogP) is 0.719. The first-order chi connectivity index (χ1) is 8.48. The van der Waals surface area contributed by atoms with Gasteiger partial charge in [0.1, 0.15) is 0 Å². The van der Waals surface area contributed by atoms with Crippen molar-refractivity contribution in [1.82, 2.24) is 9.44 Å². The van der Waals surface area contributed by atoms with Gasteiger partial charge in [-0.3, -0.25) is 0 Å². The van der Waals surface area contributed by atoms with Gasteiger partial charge in [0.05, 0.1) is 6.10 Å². The number of carbonyl (C=O) groups excluding carboxylic acids is 1.